The van der Waals surface area contributed by atoms with Gasteiger partial charge in [0.05, 0.1) is 10.9 Å². The van der Waals surface area contributed by atoms with E-state index in [2.05, 4.69) is 0 Å². The third kappa shape index (κ3) is 1.42. The third-order valence-corrected chi connectivity index (χ3v) is 2.80. The second-order valence-corrected chi connectivity index (χ2v) is 3.82. The lowest BCUT2D eigenvalue weighted by Gasteiger charge is -1.97. The summed E-state index contributed by atoms with van der Waals surface area (Å²) in [6.07, 6.45) is 0. The van der Waals surface area contributed by atoms with Gasteiger partial charge in [0, 0.05) is 0 Å². The van der Waals surface area contributed by atoms with Crippen LogP contribution in [0.1, 0.15) is 0 Å². The Morgan fingerprint density at radius 2 is 2.14 bits per heavy atom. The molecule has 1 heterocycles. The van der Waals surface area contributed by atoms with E-state index in [1.807, 2.05) is 0 Å². The molecular formula is C9H7NO3S. The summed E-state index contributed by atoms with van der Waals surface area (Å²) in [5, 5.41) is 9.20. The minimum atomic E-state index is -0.943. The smallest absolute Gasteiger partial charge is 0.324 e. The molecule has 0 atom stereocenters. The Kier molecular flexibility index (Phi) is 2.09. The topological polar surface area (TPSA) is 59.3 Å². The van der Waals surface area contributed by atoms with Crippen LogP contribution in [0.15, 0.2) is 29.1 Å². The van der Waals surface area contributed by atoms with E-state index in [-0.39, 0.29) is 11.3 Å². The number of para-hydroxylation sites is 1. The third-order valence-electron chi connectivity index (χ3n) is 1.86. The van der Waals surface area contributed by atoms with E-state index in [4.69, 9.17) is 5.11 Å². The molecular weight excluding hydrogens is 202 g/mol. The summed E-state index contributed by atoms with van der Waals surface area (Å²) in [7, 11) is 0. The van der Waals surface area contributed by atoms with Gasteiger partial charge in [0.15, 0.2) is 0 Å². The van der Waals surface area contributed by atoms with Gasteiger partial charge in [-0.05, 0) is 23.7 Å². The molecule has 0 aliphatic carbocycles. The minimum absolute atomic E-state index is 0.0955. The Labute approximate surface area is 83.2 Å². The van der Waals surface area contributed by atoms with Gasteiger partial charge >= 0.3 is 5.97 Å². The monoisotopic (exact) mass is 209 g/mol. The predicted molar refractivity (Wildman–Crippen MR) is 53.7 cm³/mol. The Balaban J connectivity index is 2.66. The average molecular weight is 209 g/mol. The number of nitrogens with zero attached hydrogens (tertiary/aromatic N) is 1. The molecule has 72 valence electrons. The highest BCUT2D eigenvalue weighted by atomic mass is 32.1. The van der Waals surface area contributed by atoms with Gasteiger partial charge in [-0.2, -0.15) is 0 Å². The van der Waals surface area contributed by atoms with Gasteiger partial charge in [-0.3, -0.25) is 13.5 Å². The van der Waals surface area contributed by atoms with Gasteiger partial charge in [0.1, 0.15) is 6.54 Å². The van der Waals surface area contributed by atoms with Gasteiger partial charge in [0.2, 0.25) is 0 Å². The van der Waals surface area contributed by atoms with E-state index < -0.39 is 5.97 Å². The highest BCUT2D eigenvalue weighted by Crippen LogP contribution is 2.13. The lowest BCUT2D eigenvalue weighted by Crippen LogP contribution is -2.05. The van der Waals surface area contributed by atoms with Crippen molar-refractivity contribution in [1.29, 1.82) is 0 Å². The Morgan fingerprint density at radius 3 is 2.86 bits per heavy atom. The standard InChI is InChI=1S/C9H7NO3S/c11-8(12)5-10-7-4-2-1-3-6(7)9(13)14-10/h1-4H,5H2,(H,11,12). The van der Waals surface area contributed by atoms with Crippen LogP contribution in [-0.2, 0) is 11.3 Å². The lowest BCUT2D eigenvalue weighted by molar-refractivity contribution is -0.137. The van der Waals surface area contributed by atoms with E-state index in [0.29, 0.717) is 10.9 Å². The van der Waals surface area contributed by atoms with Crippen LogP contribution >= 0.6 is 11.5 Å². The van der Waals surface area contributed by atoms with E-state index in [9.17, 15) is 9.59 Å². The molecule has 0 aliphatic heterocycles. The first-order chi connectivity index (χ1) is 6.68. The molecule has 0 bridgehead atoms. The first-order valence-corrected chi connectivity index (χ1v) is 4.76. The second-order valence-electron chi connectivity index (χ2n) is 2.83. The van der Waals surface area contributed by atoms with E-state index >= 15 is 0 Å². The molecule has 4 nitrogen and oxygen atoms in total. The van der Waals surface area contributed by atoms with Crippen molar-refractivity contribution < 1.29 is 9.90 Å². The molecule has 1 aromatic heterocycles. The second kappa shape index (κ2) is 3.26. The maximum absolute atomic E-state index is 11.4. The molecule has 0 radical (unpaired) electrons. The fourth-order valence-electron chi connectivity index (χ4n) is 1.30. The molecule has 1 N–H and O–H groups in total. The fourth-order valence-corrected chi connectivity index (χ4v) is 2.21. The number of hydrogen-bond acceptors (Lipinski definition) is 3. The predicted octanol–water partition coefficient (Wildman–Crippen LogP) is 1.15. The number of hydrogen-bond donors (Lipinski definition) is 1. The van der Waals surface area contributed by atoms with Crippen molar-refractivity contribution >= 4 is 28.4 Å². The number of aromatic nitrogens is 1. The number of aliphatic carboxylic acids is 1. The number of carboxylic acids is 1. The zero-order chi connectivity index (χ0) is 10.1. The maximum Gasteiger partial charge on any atom is 0.324 e. The van der Waals surface area contributed by atoms with Crippen LogP contribution in [0.5, 0.6) is 0 Å². The normalized spacial score (nSPS) is 10.6. The van der Waals surface area contributed by atoms with Crippen molar-refractivity contribution in [2.24, 2.45) is 0 Å². The molecule has 0 unspecified atom stereocenters. The molecule has 0 fully saturated rings. The van der Waals surface area contributed by atoms with Crippen molar-refractivity contribution in [1.82, 2.24) is 3.96 Å². The maximum atomic E-state index is 11.4. The summed E-state index contributed by atoms with van der Waals surface area (Å²) in [5.41, 5.74) is 0.685. The van der Waals surface area contributed by atoms with Crippen LogP contribution in [0.2, 0.25) is 0 Å². The summed E-state index contributed by atoms with van der Waals surface area (Å²) in [4.78, 5) is 21.9. The number of fused-ring (bicyclic) bond motifs is 1. The Morgan fingerprint density at radius 1 is 1.43 bits per heavy atom. The van der Waals surface area contributed by atoms with Crippen molar-refractivity contribution in [2.75, 3.05) is 0 Å². The summed E-state index contributed by atoms with van der Waals surface area (Å²) in [5.74, 6) is -0.943. The molecule has 2 aromatic rings. The molecule has 0 saturated heterocycles. The zero-order valence-electron chi connectivity index (χ0n) is 7.14. The summed E-state index contributed by atoms with van der Waals surface area (Å²) < 4.78 is 1.39. The van der Waals surface area contributed by atoms with Gasteiger partial charge < -0.3 is 5.11 Å². The van der Waals surface area contributed by atoms with E-state index in [0.717, 1.165) is 11.5 Å². The lowest BCUT2D eigenvalue weighted by atomic mass is 10.2. The van der Waals surface area contributed by atoms with Gasteiger partial charge in [0.25, 0.3) is 4.74 Å². The van der Waals surface area contributed by atoms with Crippen LogP contribution in [0.25, 0.3) is 10.9 Å². The summed E-state index contributed by atoms with van der Waals surface area (Å²) in [6, 6.07) is 7.00. The quantitative estimate of drug-likeness (QED) is 0.807. The van der Waals surface area contributed by atoms with Crippen molar-refractivity contribution in [2.45, 2.75) is 6.54 Å². The molecule has 0 aliphatic rings. The SMILES string of the molecule is O=C(O)Cn1sc(=O)c2ccccc21. The van der Waals surface area contributed by atoms with E-state index in [1.165, 1.54) is 3.96 Å². The van der Waals surface area contributed by atoms with E-state index in [1.54, 1.807) is 24.3 Å². The molecule has 2 rings (SSSR count). The van der Waals surface area contributed by atoms with Crippen molar-refractivity contribution in [3.63, 3.8) is 0 Å². The summed E-state index contributed by atoms with van der Waals surface area (Å²) in [6.45, 7) is -0.159. The summed E-state index contributed by atoms with van der Waals surface area (Å²) >= 11 is 0.936. The highest BCUT2D eigenvalue weighted by molar-refractivity contribution is 7.05. The van der Waals surface area contributed by atoms with Crippen LogP contribution in [-0.4, -0.2) is 15.0 Å². The molecule has 0 spiro atoms. The van der Waals surface area contributed by atoms with Crippen LogP contribution in [0.3, 0.4) is 0 Å². The van der Waals surface area contributed by atoms with Gasteiger partial charge in [-0.25, -0.2) is 0 Å². The minimum Gasteiger partial charge on any atom is -0.480 e. The molecule has 0 amide bonds. The molecule has 1 aromatic carbocycles. The average Bonchev–Trinajstić information content (AvgIpc) is 2.44. The Bertz CT molecular complexity index is 540. The number of rotatable bonds is 2. The largest absolute Gasteiger partial charge is 0.480 e. The first kappa shape index (κ1) is 8.96. The van der Waals surface area contributed by atoms with Crippen LogP contribution < -0.4 is 4.74 Å². The molecule has 14 heavy (non-hydrogen) atoms. The van der Waals surface area contributed by atoms with Crippen LogP contribution in [0, 0.1) is 0 Å². The highest BCUT2D eigenvalue weighted by Gasteiger charge is 2.08. The van der Waals surface area contributed by atoms with Gasteiger partial charge in [-0.15, -0.1) is 0 Å². The van der Waals surface area contributed by atoms with Crippen molar-refractivity contribution in [3.05, 3.63) is 33.8 Å². The number of carboxylic acid groups (broad SMARTS) is 1. The number of carbonyl (C=O) groups is 1. The fraction of sp³-hybridized carbons (Fsp3) is 0.111. The van der Waals surface area contributed by atoms with Crippen molar-refractivity contribution in [3.8, 4) is 0 Å². The van der Waals surface area contributed by atoms with Crippen LogP contribution in [0.4, 0.5) is 0 Å². The zero-order valence-corrected chi connectivity index (χ0v) is 7.95. The Hall–Kier alpha value is -1.62. The molecule has 0 saturated carbocycles. The first-order valence-electron chi connectivity index (χ1n) is 3.99. The van der Waals surface area contributed by atoms with Gasteiger partial charge in [-0.1, -0.05) is 12.1 Å². The number of benzene rings is 1. The molecule has 5 heteroatoms.